The van der Waals surface area contributed by atoms with E-state index in [4.69, 9.17) is 0 Å². The van der Waals surface area contributed by atoms with Gasteiger partial charge < -0.3 is 0 Å². The van der Waals surface area contributed by atoms with E-state index in [0.717, 1.165) is 16.7 Å². The second kappa shape index (κ2) is 6.43. The van der Waals surface area contributed by atoms with Gasteiger partial charge in [0.1, 0.15) is 0 Å². The van der Waals surface area contributed by atoms with Crippen molar-refractivity contribution in [1.29, 1.82) is 0 Å². The molecule has 2 rings (SSSR count). The van der Waals surface area contributed by atoms with Crippen molar-refractivity contribution >= 4 is 17.5 Å². The van der Waals surface area contributed by atoms with E-state index < -0.39 is 0 Å². The number of ketones is 1. The van der Waals surface area contributed by atoms with E-state index in [1.807, 2.05) is 53.7 Å². The number of benzene rings is 1. The van der Waals surface area contributed by atoms with Crippen molar-refractivity contribution in [2.24, 2.45) is 10.8 Å². The predicted molar refractivity (Wildman–Crippen MR) is 101 cm³/mol. The quantitative estimate of drug-likeness (QED) is 0.527. The molecule has 0 radical (unpaired) electrons. The maximum absolute atomic E-state index is 12.9. The zero-order valence-electron chi connectivity index (χ0n) is 15.7. The van der Waals surface area contributed by atoms with Gasteiger partial charge in [-0.15, -0.1) is 0 Å². The molecular formula is C21H25NO3. The van der Waals surface area contributed by atoms with Crippen molar-refractivity contribution in [2.45, 2.75) is 41.5 Å². The Hall–Kier alpha value is -2.49. The molecule has 132 valence electrons. The van der Waals surface area contributed by atoms with Gasteiger partial charge in [-0.25, -0.2) is 0 Å². The van der Waals surface area contributed by atoms with Crippen LogP contribution in [0.4, 0.5) is 5.69 Å². The molecule has 0 unspecified atom stereocenters. The summed E-state index contributed by atoms with van der Waals surface area (Å²) in [5, 5.41) is 11.3. The lowest BCUT2D eigenvalue weighted by Gasteiger charge is -2.31. The number of hydrogen-bond donors (Lipinski definition) is 0. The molecular weight excluding hydrogens is 314 g/mol. The SMILES string of the molecule is CC(C)(C)C1=CC(=Cc2ccccc2[N+](=O)[O-])C=C(C(C)(C)C)C1=O. The van der Waals surface area contributed by atoms with Crippen molar-refractivity contribution in [1.82, 2.24) is 0 Å². The van der Waals surface area contributed by atoms with Crippen LogP contribution in [0.3, 0.4) is 0 Å². The summed E-state index contributed by atoms with van der Waals surface area (Å²) in [6, 6.07) is 6.63. The van der Waals surface area contributed by atoms with Crippen molar-refractivity contribution < 1.29 is 9.72 Å². The van der Waals surface area contributed by atoms with E-state index in [2.05, 4.69) is 0 Å². The fourth-order valence-electron chi connectivity index (χ4n) is 2.80. The third-order valence-corrected chi connectivity index (χ3v) is 4.18. The Morgan fingerprint density at radius 2 is 1.40 bits per heavy atom. The third-order valence-electron chi connectivity index (χ3n) is 4.18. The molecule has 1 aliphatic carbocycles. The van der Waals surface area contributed by atoms with E-state index in [9.17, 15) is 14.9 Å². The van der Waals surface area contributed by atoms with E-state index >= 15 is 0 Å². The summed E-state index contributed by atoms with van der Waals surface area (Å²) in [6.45, 7) is 12.0. The lowest BCUT2D eigenvalue weighted by atomic mass is 9.72. The summed E-state index contributed by atoms with van der Waals surface area (Å²) >= 11 is 0. The number of rotatable bonds is 2. The highest BCUT2D eigenvalue weighted by molar-refractivity contribution is 6.12. The molecule has 1 aromatic carbocycles. The number of carbonyl (C=O) groups excluding carboxylic acids is 1. The Kier molecular flexibility index (Phi) is 4.85. The number of Topliss-reactive ketones (excluding diaryl/α,β-unsaturated/α-hetero) is 1. The molecule has 0 saturated heterocycles. The minimum atomic E-state index is -0.386. The Balaban J connectivity index is 2.66. The maximum atomic E-state index is 12.9. The standard InChI is InChI=1S/C21H25NO3/c1-20(2,3)16-12-14(13-17(19(16)23)21(4,5)6)11-15-9-7-8-10-18(15)22(24)25/h7-13H,1-6H3. The molecule has 1 aromatic rings. The topological polar surface area (TPSA) is 60.2 Å². The molecule has 0 saturated carbocycles. The molecule has 0 spiro atoms. The van der Waals surface area contributed by atoms with Crippen LogP contribution in [0, 0.1) is 20.9 Å². The maximum Gasteiger partial charge on any atom is 0.276 e. The Labute approximate surface area is 149 Å². The van der Waals surface area contributed by atoms with Gasteiger partial charge in [-0.1, -0.05) is 53.7 Å². The second-order valence-corrected chi connectivity index (χ2v) is 8.41. The number of nitro benzene ring substituents is 1. The summed E-state index contributed by atoms with van der Waals surface area (Å²) in [7, 11) is 0. The van der Waals surface area contributed by atoms with E-state index in [0.29, 0.717) is 5.56 Å². The van der Waals surface area contributed by atoms with Crippen molar-refractivity contribution in [3.8, 4) is 0 Å². The first-order valence-electron chi connectivity index (χ1n) is 8.35. The summed E-state index contributed by atoms with van der Waals surface area (Å²) in [6.07, 6.45) is 5.49. The van der Waals surface area contributed by atoms with Crippen LogP contribution in [-0.4, -0.2) is 10.7 Å². The predicted octanol–water partition coefficient (Wildman–Crippen LogP) is 5.51. The van der Waals surface area contributed by atoms with Crippen LogP contribution in [0.1, 0.15) is 47.1 Å². The second-order valence-electron chi connectivity index (χ2n) is 8.41. The monoisotopic (exact) mass is 339 g/mol. The molecule has 0 N–H and O–H groups in total. The average molecular weight is 339 g/mol. The van der Waals surface area contributed by atoms with Crippen LogP contribution < -0.4 is 0 Å². The van der Waals surface area contributed by atoms with Gasteiger partial charge in [0.15, 0.2) is 5.78 Å². The van der Waals surface area contributed by atoms with Crippen molar-refractivity contribution in [2.75, 3.05) is 0 Å². The molecule has 0 fully saturated rings. The van der Waals surface area contributed by atoms with Gasteiger partial charge in [-0.05, 0) is 40.7 Å². The number of carbonyl (C=O) groups is 1. The van der Waals surface area contributed by atoms with Gasteiger partial charge in [0.25, 0.3) is 5.69 Å². The van der Waals surface area contributed by atoms with Crippen LogP contribution in [0.15, 0.2) is 53.1 Å². The van der Waals surface area contributed by atoms with Gasteiger partial charge in [0.05, 0.1) is 10.5 Å². The van der Waals surface area contributed by atoms with Crippen molar-refractivity contribution in [3.05, 3.63) is 68.8 Å². The highest BCUT2D eigenvalue weighted by Gasteiger charge is 2.34. The summed E-state index contributed by atoms with van der Waals surface area (Å²) < 4.78 is 0. The smallest absolute Gasteiger partial charge is 0.276 e. The molecule has 0 aliphatic heterocycles. The third kappa shape index (κ3) is 4.13. The molecule has 0 bridgehead atoms. The van der Waals surface area contributed by atoms with Crippen LogP contribution in [-0.2, 0) is 4.79 Å². The largest absolute Gasteiger partial charge is 0.289 e. The molecule has 0 aromatic heterocycles. The summed E-state index contributed by atoms with van der Waals surface area (Å²) in [4.78, 5) is 23.8. The number of para-hydroxylation sites is 1. The lowest BCUT2D eigenvalue weighted by Crippen LogP contribution is -2.27. The summed E-state index contributed by atoms with van der Waals surface area (Å²) in [5.74, 6) is 0.0553. The molecule has 0 atom stereocenters. The zero-order valence-corrected chi connectivity index (χ0v) is 15.7. The average Bonchev–Trinajstić information content (AvgIpc) is 2.47. The number of nitrogens with zero attached hydrogens (tertiary/aromatic N) is 1. The molecule has 0 amide bonds. The Bertz CT molecular complexity index is 776. The fourth-order valence-corrected chi connectivity index (χ4v) is 2.80. The Morgan fingerprint density at radius 1 is 0.920 bits per heavy atom. The van der Waals surface area contributed by atoms with Crippen LogP contribution in [0.2, 0.25) is 0 Å². The van der Waals surface area contributed by atoms with Crippen molar-refractivity contribution in [3.63, 3.8) is 0 Å². The highest BCUT2D eigenvalue weighted by Crippen LogP contribution is 2.39. The van der Waals surface area contributed by atoms with E-state index in [1.165, 1.54) is 6.07 Å². The number of allylic oxidation sites excluding steroid dienone is 5. The van der Waals surface area contributed by atoms with Gasteiger partial charge in [0, 0.05) is 17.2 Å². The zero-order chi connectivity index (χ0) is 19.0. The van der Waals surface area contributed by atoms with Crippen LogP contribution in [0.5, 0.6) is 0 Å². The summed E-state index contributed by atoms with van der Waals surface area (Å²) in [5.41, 5.74) is 2.25. The molecule has 0 heterocycles. The van der Waals surface area contributed by atoms with Gasteiger partial charge >= 0.3 is 0 Å². The Morgan fingerprint density at radius 3 is 1.84 bits per heavy atom. The minimum Gasteiger partial charge on any atom is -0.289 e. The van der Waals surface area contributed by atoms with E-state index in [1.54, 1.807) is 24.3 Å². The molecule has 25 heavy (non-hydrogen) atoms. The van der Waals surface area contributed by atoms with Gasteiger partial charge in [-0.3, -0.25) is 14.9 Å². The lowest BCUT2D eigenvalue weighted by molar-refractivity contribution is -0.385. The first-order valence-corrected chi connectivity index (χ1v) is 8.35. The highest BCUT2D eigenvalue weighted by atomic mass is 16.6. The fraction of sp³-hybridized carbons (Fsp3) is 0.381. The molecule has 4 nitrogen and oxygen atoms in total. The van der Waals surface area contributed by atoms with E-state index in [-0.39, 0.29) is 27.2 Å². The van der Waals surface area contributed by atoms with Gasteiger partial charge in [-0.2, -0.15) is 0 Å². The van der Waals surface area contributed by atoms with Crippen LogP contribution in [0.25, 0.3) is 6.08 Å². The molecule has 4 heteroatoms. The first-order chi connectivity index (χ1) is 11.4. The number of nitro groups is 1. The molecule has 1 aliphatic rings. The first kappa shape index (κ1) is 18.8. The normalized spacial score (nSPS) is 15.6. The number of hydrogen-bond acceptors (Lipinski definition) is 3. The minimum absolute atomic E-state index is 0.0553. The van der Waals surface area contributed by atoms with Gasteiger partial charge in [0.2, 0.25) is 0 Å². The van der Waals surface area contributed by atoms with Crippen LogP contribution >= 0.6 is 0 Å².